The van der Waals surface area contributed by atoms with Crippen molar-refractivity contribution in [1.29, 1.82) is 0 Å². The molecular formula is C36H53N3O7. The van der Waals surface area contributed by atoms with Gasteiger partial charge in [-0.3, -0.25) is 4.90 Å². The Hall–Kier alpha value is -3.95. The van der Waals surface area contributed by atoms with Crippen LogP contribution in [0.25, 0.3) is 0 Å². The van der Waals surface area contributed by atoms with Crippen molar-refractivity contribution in [3.05, 3.63) is 54.6 Å². The summed E-state index contributed by atoms with van der Waals surface area (Å²) < 4.78 is 16.8. The zero-order valence-corrected chi connectivity index (χ0v) is 27.5. The van der Waals surface area contributed by atoms with Gasteiger partial charge in [0.1, 0.15) is 17.6 Å². The van der Waals surface area contributed by atoms with Crippen molar-refractivity contribution in [1.82, 2.24) is 10.2 Å². The van der Waals surface area contributed by atoms with Crippen LogP contribution in [-0.2, 0) is 9.47 Å². The Morgan fingerprint density at radius 2 is 1.41 bits per heavy atom. The second-order valence-corrected chi connectivity index (χ2v) is 11.9. The number of hydrogen-bond acceptors (Lipinski definition) is 6. The summed E-state index contributed by atoms with van der Waals surface area (Å²) in [5.41, 5.74) is 0.593. The second-order valence-electron chi connectivity index (χ2n) is 11.9. The topological polar surface area (TPSA) is 118 Å². The summed E-state index contributed by atoms with van der Waals surface area (Å²) in [7, 11) is 0. The molecule has 1 fully saturated rings. The number of para-hydroxylation sites is 1. The van der Waals surface area contributed by atoms with E-state index in [-0.39, 0.29) is 18.3 Å². The Morgan fingerprint density at radius 1 is 0.804 bits per heavy atom. The minimum absolute atomic E-state index is 0.187. The van der Waals surface area contributed by atoms with E-state index in [9.17, 15) is 19.5 Å². The normalized spacial score (nSPS) is 13.2. The van der Waals surface area contributed by atoms with E-state index in [1.165, 1.54) is 43.4 Å². The minimum atomic E-state index is -1.00. The summed E-state index contributed by atoms with van der Waals surface area (Å²) in [6.45, 7) is 4.56. The Morgan fingerprint density at radius 3 is 2.09 bits per heavy atom. The third-order valence-corrected chi connectivity index (χ3v) is 8.13. The monoisotopic (exact) mass is 639 g/mol. The highest BCUT2D eigenvalue weighted by Crippen LogP contribution is 2.25. The average molecular weight is 640 g/mol. The van der Waals surface area contributed by atoms with E-state index in [1.807, 2.05) is 30.3 Å². The van der Waals surface area contributed by atoms with E-state index in [0.717, 1.165) is 31.4 Å². The summed E-state index contributed by atoms with van der Waals surface area (Å²) in [6, 6.07) is 16.4. The van der Waals surface area contributed by atoms with Crippen molar-refractivity contribution in [2.75, 3.05) is 37.7 Å². The van der Waals surface area contributed by atoms with Gasteiger partial charge in [0, 0.05) is 44.7 Å². The van der Waals surface area contributed by atoms with E-state index < -0.39 is 6.09 Å². The maximum absolute atomic E-state index is 12.5. The molecule has 0 radical (unpaired) electrons. The summed E-state index contributed by atoms with van der Waals surface area (Å²) in [5.74, 6) is 1.36. The molecule has 1 aliphatic heterocycles. The smallest absolute Gasteiger partial charge is 0.411 e. The SMILES string of the molecule is CCCCCCCCCCNC(=O)OC1CCN(C(=O)OCCCCCCN(C(=O)O)c2ccc(Oc3ccccc3)cc2)CC1. The van der Waals surface area contributed by atoms with Crippen molar-refractivity contribution in [3.8, 4) is 11.5 Å². The number of benzene rings is 2. The third-order valence-electron chi connectivity index (χ3n) is 8.13. The van der Waals surface area contributed by atoms with Crippen LogP contribution in [0.15, 0.2) is 54.6 Å². The van der Waals surface area contributed by atoms with E-state index in [1.54, 1.807) is 29.2 Å². The standard InChI is InChI=1S/C36H53N3O7/c1-2-3-4-5-6-7-8-14-25-37-34(40)46-33-23-27-38(28-24-33)36(43)44-29-16-10-9-15-26-39(35(41)42)30-19-21-32(22-20-30)45-31-17-12-11-13-18-31/h11-13,17-22,33H,2-10,14-16,23-29H2,1H3,(H,37,40)(H,41,42). The number of hydrogen-bond donors (Lipinski definition) is 2. The summed E-state index contributed by atoms with van der Waals surface area (Å²) in [5, 5.41) is 12.6. The Bertz CT molecular complexity index is 1140. The first-order valence-corrected chi connectivity index (χ1v) is 17.2. The molecule has 1 saturated heterocycles. The maximum atomic E-state index is 12.5. The van der Waals surface area contributed by atoms with Gasteiger partial charge in [-0.25, -0.2) is 14.4 Å². The first-order chi connectivity index (χ1) is 22.5. The number of amides is 3. The Labute approximate surface area is 274 Å². The molecule has 10 heteroatoms. The van der Waals surface area contributed by atoms with Gasteiger partial charge in [-0.2, -0.15) is 0 Å². The number of carboxylic acid groups (broad SMARTS) is 1. The Balaban J connectivity index is 1.20. The first-order valence-electron chi connectivity index (χ1n) is 17.2. The predicted octanol–water partition coefficient (Wildman–Crippen LogP) is 8.99. The molecule has 0 saturated carbocycles. The lowest BCUT2D eigenvalue weighted by atomic mass is 10.1. The predicted molar refractivity (Wildman–Crippen MR) is 180 cm³/mol. The molecule has 0 spiro atoms. The molecule has 0 bridgehead atoms. The van der Waals surface area contributed by atoms with Gasteiger partial charge in [-0.05, 0) is 62.1 Å². The van der Waals surface area contributed by atoms with Crippen LogP contribution in [0.1, 0.15) is 96.8 Å². The number of likely N-dealkylation sites (tertiary alicyclic amines) is 1. The fourth-order valence-electron chi connectivity index (χ4n) is 5.43. The van der Waals surface area contributed by atoms with Crippen LogP contribution < -0.4 is 15.0 Å². The molecule has 0 atom stereocenters. The van der Waals surface area contributed by atoms with Gasteiger partial charge in [-0.1, -0.05) is 76.5 Å². The van der Waals surface area contributed by atoms with Crippen molar-refractivity contribution < 1.29 is 33.7 Å². The summed E-state index contributed by atoms with van der Waals surface area (Å²) >= 11 is 0. The summed E-state index contributed by atoms with van der Waals surface area (Å²) in [4.78, 5) is 39.4. The molecule has 2 aromatic rings. The molecule has 10 nitrogen and oxygen atoms in total. The number of anilines is 1. The molecular weight excluding hydrogens is 586 g/mol. The average Bonchev–Trinajstić information content (AvgIpc) is 3.06. The van der Waals surface area contributed by atoms with Gasteiger partial charge in [0.2, 0.25) is 0 Å². The van der Waals surface area contributed by atoms with Crippen LogP contribution >= 0.6 is 0 Å². The van der Waals surface area contributed by atoms with Crippen molar-refractivity contribution in [2.24, 2.45) is 0 Å². The zero-order valence-electron chi connectivity index (χ0n) is 27.5. The number of rotatable bonds is 20. The minimum Gasteiger partial charge on any atom is -0.465 e. The number of ether oxygens (including phenoxy) is 3. The van der Waals surface area contributed by atoms with E-state index in [4.69, 9.17) is 14.2 Å². The van der Waals surface area contributed by atoms with Crippen LogP contribution in [0.2, 0.25) is 0 Å². The fraction of sp³-hybridized carbons (Fsp3) is 0.583. The first kappa shape index (κ1) is 36.5. The van der Waals surface area contributed by atoms with Crippen molar-refractivity contribution in [3.63, 3.8) is 0 Å². The summed E-state index contributed by atoms with van der Waals surface area (Å²) in [6.07, 6.45) is 12.1. The number of nitrogens with one attached hydrogen (secondary N) is 1. The van der Waals surface area contributed by atoms with Gasteiger partial charge in [0.25, 0.3) is 0 Å². The number of carbonyl (C=O) groups is 3. The van der Waals surface area contributed by atoms with Gasteiger partial charge in [-0.15, -0.1) is 0 Å². The largest absolute Gasteiger partial charge is 0.465 e. The van der Waals surface area contributed by atoms with Gasteiger partial charge < -0.3 is 29.5 Å². The highest BCUT2D eigenvalue weighted by atomic mass is 16.6. The number of nitrogens with zero attached hydrogens (tertiary/aromatic N) is 2. The molecule has 0 aliphatic carbocycles. The second kappa shape index (κ2) is 21.7. The molecule has 46 heavy (non-hydrogen) atoms. The molecule has 254 valence electrons. The molecule has 0 unspecified atom stereocenters. The van der Waals surface area contributed by atoms with E-state index in [2.05, 4.69) is 12.2 Å². The van der Waals surface area contributed by atoms with Crippen LogP contribution in [0.4, 0.5) is 20.1 Å². The number of piperidine rings is 1. The zero-order chi connectivity index (χ0) is 32.8. The van der Waals surface area contributed by atoms with E-state index >= 15 is 0 Å². The van der Waals surface area contributed by atoms with Crippen molar-refractivity contribution in [2.45, 2.75) is 103 Å². The highest BCUT2D eigenvalue weighted by Gasteiger charge is 2.26. The lowest BCUT2D eigenvalue weighted by molar-refractivity contribution is 0.0417. The van der Waals surface area contributed by atoms with Gasteiger partial charge >= 0.3 is 18.3 Å². The van der Waals surface area contributed by atoms with Crippen molar-refractivity contribution >= 4 is 24.0 Å². The molecule has 1 aliphatic rings. The Kier molecular flexibility index (Phi) is 17.2. The highest BCUT2D eigenvalue weighted by molar-refractivity contribution is 5.86. The molecule has 2 N–H and O–H groups in total. The maximum Gasteiger partial charge on any atom is 0.411 e. The third kappa shape index (κ3) is 14.4. The fourth-order valence-corrected chi connectivity index (χ4v) is 5.43. The van der Waals surface area contributed by atoms with Gasteiger partial charge in [0.05, 0.1) is 6.61 Å². The number of alkyl carbamates (subject to hydrolysis) is 1. The molecule has 3 amide bonds. The lowest BCUT2D eigenvalue weighted by Crippen LogP contribution is -2.42. The quantitative estimate of drug-likeness (QED) is 0.139. The number of unbranched alkanes of at least 4 members (excludes halogenated alkanes) is 10. The lowest BCUT2D eigenvalue weighted by Gasteiger charge is -2.31. The van der Waals surface area contributed by atoms with E-state index in [0.29, 0.717) is 69.9 Å². The van der Waals surface area contributed by atoms with Crippen LogP contribution in [-0.4, -0.2) is 67.2 Å². The molecule has 1 heterocycles. The molecule has 0 aromatic heterocycles. The molecule has 2 aromatic carbocycles. The molecule has 3 rings (SSSR count). The van der Waals surface area contributed by atoms with Gasteiger partial charge in [0.15, 0.2) is 0 Å². The van der Waals surface area contributed by atoms with Crippen LogP contribution in [0.5, 0.6) is 11.5 Å². The van der Waals surface area contributed by atoms with Crippen LogP contribution in [0.3, 0.4) is 0 Å². The van der Waals surface area contributed by atoms with Crippen LogP contribution in [0, 0.1) is 0 Å². The number of carbonyl (C=O) groups excluding carboxylic acids is 2.